The molecule has 2 aromatic heterocycles. The van der Waals surface area contributed by atoms with Gasteiger partial charge in [0.05, 0.1) is 22.8 Å². The fourth-order valence-electron chi connectivity index (χ4n) is 3.80. The van der Waals surface area contributed by atoms with Crippen LogP contribution in [0.5, 0.6) is 0 Å². The Kier molecular flexibility index (Phi) is 4.51. The van der Waals surface area contributed by atoms with Crippen LogP contribution in [0, 0.1) is 13.8 Å². The van der Waals surface area contributed by atoms with Crippen molar-refractivity contribution in [3.05, 3.63) is 57.8 Å². The van der Waals surface area contributed by atoms with E-state index in [0.717, 1.165) is 29.9 Å². The number of carbonyl (C=O) groups is 1. The van der Waals surface area contributed by atoms with E-state index in [1.54, 1.807) is 0 Å². The second kappa shape index (κ2) is 6.98. The fourth-order valence-corrected chi connectivity index (χ4v) is 3.80. The minimum atomic E-state index is -0.219. The zero-order valence-electron chi connectivity index (χ0n) is 15.6. The lowest BCUT2D eigenvalue weighted by atomic mass is 10.2. The lowest BCUT2D eigenvalue weighted by Gasteiger charge is -2.17. The summed E-state index contributed by atoms with van der Waals surface area (Å²) in [5.41, 5.74) is 3.77. The molecule has 1 aliphatic rings. The number of benzene rings is 1. The van der Waals surface area contributed by atoms with Gasteiger partial charge in [-0.05, 0) is 38.5 Å². The number of para-hydroxylation sites is 2. The second-order valence-corrected chi connectivity index (χ2v) is 7.18. The highest BCUT2D eigenvalue weighted by Crippen LogP contribution is 2.23. The van der Waals surface area contributed by atoms with Gasteiger partial charge in [-0.1, -0.05) is 12.1 Å². The number of nitrogens with zero attached hydrogens (tertiary/aromatic N) is 4. The van der Waals surface area contributed by atoms with Crippen LogP contribution >= 0.6 is 0 Å². The third-order valence-corrected chi connectivity index (χ3v) is 5.15. The van der Waals surface area contributed by atoms with Crippen molar-refractivity contribution in [3.63, 3.8) is 0 Å². The summed E-state index contributed by atoms with van der Waals surface area (Å²) in [6.07, 6.45) is 1.54. The van der Waals surface area contributed by atoms with Crippen molar-refractivity contribution in [1.29, 1.82) is 0 Å². The first-order chi connectivity index (χ1) is 13.0. The molecular formula is C20H23N5O2. The van der Waals surface area contributed by atoms with Crippen molar-refractivity contribution < 1.29 is 4.79 Å². The first kappa shape index (κ1) is 17.5. The second-order valence-electron chi connectivity index (χ2n) is 7.18. The highest BCUT2D eigenvalue weighted by Gasteiger charge is 2.28. The van der Waals surface area contributed by atoms with Gasteiger partial charge in [0, 0.05) is 31.6 Å². The van der Waals surface area contributed by atoms with Gasteiger partial charge in [-0.15, -0.1) is 0 Å². The van der Waals surface area contributed by atoms with E-state index >= 15 is 0 Å². The molecule has 1 unspecified atom stereocenters. The summed E-state index contributed by atoms with van der Waals surface area (Å²) >= 11 is 0. The molecule has 7 heteroatoms. The van der Waals surface area contributed by atoms with Crippen molar-refractivity contribution in [2.75, 3.05) is 13.1 Å². The van der Waals surface area contributed by atoms with Crippen LogP contribution in [0.2, 0.25) is 0 Å². The summed E-state index contributed by atoms with van der Waals surface area (Å²) in [7, 11) is 0. The number of nitrogens with one attached hydrogen (secondary N) is 1. The summed E-state index contributed by atoms with van der Waals surface area (Å²) in [5, 5.41) is 4.54. The van der Waals surface area contributed by atoms with E-state index in [4.69, 9.17) is 0 Å². The topological polar surface area (TPSA) is 83.9 Å². The number of carbonyl (C=O) groups excluding carboxylic acids is 1. The number of rotatable bonds is 4. The van der Waals surface area contributed by atoms with Crippen LogP contribution < -0.4 is 5.56 Å². The van der Waals surface area contributed by atoms with Crippen LogP contribution in [0.3, 0.4) is 0 Å². The minimum Gasteiger partial charge on any atom is -0.340 e. The maximum atomic E-state index is 12.6. The molecule has 1 aliphatic heterocycles. The van der Waals surface area contributed by atoms with Gasteiger partial charge in [0.1, 0.15) is 5.69 Å². The SMILES string of the molecule is Cc1cc(C)n(C2CCN(C(=O)CCc3nc4ccccc4[nH]c3=O)C2)n1. The number of aryl methyl sites for hydroxylation is 3. The van der Waals surface area contributed by atoms with Crippen LogP contribution in [0.15, 0.2) is 35.1 Å². The molecule has 1 amide bonds. The van der Waals surface area contributed by atoms with Crippen LogP contribution in [-0.2, 0) is 11.2 Å². The number of aromatic nitrogens is 4. The molecule has 1 aromatic carbocycles. The Labute approximate surface area is 157 Å². The maximum absolute atomic E-state index is 12.6. The smallest absolute Gasteiger partial charge is 0.270 e. The number of amides is 1. The number of H-pyrrole nitrogens is 1. The van der Waals surface area contributed by atoms with Gasteiger partial charge in [0.15, 0.2) is 0 Å². The van der Waals surface area contributed by atoms with Gasteiger partial charge in [-0.2, -0.15) is 5.10 Å². The van der Waals surface area contributed by atoms with Gasteiger partial charge in [0.2, 0.25) is 5.91 Å². The first-order valence-corrected chi connectivity index (χ1v) is 9.30. The van der Waals surface area contributed by atoms with E-state index in [1.807, 2.05) is 47.7 Å². The molecule has 0 saturated carbocycles. The molecule has 1 fully saturated rings. The Morgan fingerprint density at radius 3 is 2.89 bits per heavy atom. The van der Waals surface area contributed by atoms with E-state index in [9.17, 15) is 9.59 Å². The number of likely N-dealkylation sites (tertiary alicyclic amines) is 1. The van der Waals surface area contributed by atoms with Crippen molar-refractivity contribution in [2.45, 2.75) is 39.2 Å². The molecule has 0 radical (unpaired) electrons. The van der Waals surface area contributed by atoms with E-state index in [1.165, 1.54) is 0 Å². The zero-order chi connectivity index (χ0) is 19.0. The van der Waals surface area contributed by atoms with Crippen molar-refractivity contribution in [2.24, 2.45) is 0 Å². The highest BCUT2D eigenvalue weighted by atomic mass is 16.2. The van der Waals surface area contributed by atoms with E-state index in [2.05, 4.69) is 21.1 Å². The largest absolute Gasteiger partial charge is 0.340 e. The Bertz CT molecular complexity index is 1050. The molecule has 27 heavy (non-hydrogen) atoms. The monoisotopic (exact) mass is 365 g/mol. The maximum Gasteiger partial charge on any atom is 0.270 e. The first-order valence-electron chi connectivity index (χ1n) is 9.30. The van der Waals surface area contributed by atoms with Crippen molar-refractivity contribution in [3.8, 4) is 0 Å². The number of hydrogen-bond donors (Lipinski definition) is 1. The van der Waals surface area contributed by atoms with Gasteiger partial charge >= 0.3 is 0 Å². The van der Waals surface area contributed by atoms with Crippen LogP contribution in [0.4, 0.5) is 0 Å². The van der Waals surface area contributed by atoms with Crippen molar-refractivity contribution in [1.82, 2.24) is 24.6 Å². The molecule has 0 aliphatic carbocycles. The third-order valence-electron chi connectivity index (χ3n) is 5.15. The third kappa shape index (κ3) is 3.49. The predicted molar refractivity (Wildman–Crippen MR) is 103 cm³/mol. The number of hydrogen-bond acceptors (Lipinski definition) is 4. The normalized spacial score (nSPS) is 17.0. The van der Waals surface area contributed by atoms with Crippen LogP contribution in [0.25, 0.3) is 11.0 Å². The molecule has 3 aromatic rings. The average Bonchev–Trinajstić information content (AvgIpc) is 3.26. The lowest BCUT2D eigenvalue weighted by Crippen LogP contribution is -2.30. The molecule has 7 nitrogen and oxygen atoms in total. The quantitative estimate of drug-likeness (QED) is 0.768. The summed E-state index contributed by atoms with van der Waals surface area (Å²) in [5.74, 6) is 0.0633. The Morgan fingerprint density at radius 2 is 2.11 bits per heavy atom. The fraction of sp³-hybridized carbons (Fsp3) is 0.400. The molecule has 1 atom stereocenters. The minimum absolute atomic E-state index is 0.0633. The highest BCUT2D eigenvalue weighted by molar-refractivity contribution is 5.77. The Hall–Kier alpha value is -2.96. The summed E-state index contributed by atoms with van der Waals surface area (Å²) in [6, 6.07) is 9.70. The summed E-state index contributed by atoms with van der Waals surface area (Å²) in [4.78, 5) is 33.9. The lowest BCUT2D eigenvalue weighted by molar-refractivity contribution is -0.130. The summed E-state index contributed by atoms with van der Waals surface area (Å²) in [6.45, 7) is 5.42. The van der Waals surface area contributed by atoms with Gasteiger partial charge < -0.3 is 9.88 Å². The molecule has 1 N–H and O–H groups in total. The molecule has 4 rings (SSSR count). The Morgan fingerprint density at radius 1 is 1.30 bits per heavy atom. The standard InChI is InChI=1S/C20H23N5O2/c1-13-11-14(2)25(23-13)15-9-10-24(12-15)19(26)8-7-18-20(27)22-17-6-4-3-5-16(17)21-18/h3-6,11,15H,7-10,12H2,1-2H3,(H,22,27). The van der Waals surface area contributed by atoms with Crippen LogP contribution in [0.1, 0.15) is 36.0 Å². The Balaban J connectivity index is 1.41. The molecular weight excluding hydrogens is 342 g/mol. The molecule has 0 spiro atoms. The number of fused-ring (bicyclic) bond motifs is 1. The van der Waals surface area contributed by atoms with E-state index in [0.29, 0.717) is 24.2 Å². The molecule has 0 bridgehead atoms. The van der Waals surface area contributed by atoms with Gasteiger partial charge in [-0.25, -0.2) is 4.98 Å². The predicted octanol–water partition coefficient (Wildman–Crippen LogP) is 2.14. The molecule has 1 saturated heterocycles. The van der Waals surface area contributed by atoms with Gasteiger partial charge in [0.25, 0.3) is 5.56 Å². The zero-order valence-corrected chi connectivity index (χ0v) is 15.6. The molecule has 140 valence electrons. The van der Waals surface area contributed by atoms with E-state index < -0.39 is 0 Å². The average molecular weight is 365 g/mol. The van der Waals surface area contributed by atoms with Crippen LogP contribution in [-0.4, -0.2) is 43.6 Å². The van der Waals surface area contributed by atoms with Crippen molar-refractivity contribution >= 4 is 16.9 Å². The van der Waals surface area contributed by atoms with Gasteiger partial charge in [-0.3, -0.25) is 14.3 Å². The summed E-state index contributed by atoms with van der Waals surface area (Å²) < 4.78 is 2.03. The molecule has 3 heterocycles. The number of aromatic amines is 1. The van der Waals surface area contributed by atoms with E-state index in [-0.39, 0.29) is 23.9 Å².